The summed E-state index contributed by atoms with van der Waals surface area (Å²) in [5.74, 6) is -1.02. The van der Waals surface area contributed by atoms with Crippen LogP contribution in [0, 0.1) is 0 Å². The first-order chi connectivity index (χ1) is 6.38. The third-order valence-corrected chi connectivity index (χ3v) is 1.31. The maximum atomic E-state index is 11.9. The molecule has 0 saturated heterocycles. The van der Waals surface area contributed by atoms with Crippen molar-refractivity contribution >= 4 is 5.97 Å². The van der Waals surface area contributed by atoms with E-state index in [1.165, 1.54) is 7.11 Å². The topological polar surface area (TPSA) is 35.5 Å². The Morgan fingerprint density at radius 3 is 2.36 bits per heavy atom. The van der Waals surface area contributed by atoms with Crippen LogP contribution in [-0.2, 0) is 14.3 Å². The van der Waals surface area contributed by atoms with E-state index in [-0.39, 0.29) is 13.2 Å². The summed E-state index contributed by atoms with van der Waals surface area (Å²) in [4.78, 5) is 10.7. The van der Waals surface area contributed by atoms with Crippen LogP contribution in [0.2, 0.25) is 0 Å². The molecule has 0 heterocycles. The Labute approximate surface area is 79.5 Å². The Bertz CT molecular complexity index is 220. The second-order valence-electron chi connectivity index (χ2n) is 2.49. The van der Waals surface area contributed by atoms with Gasteiger partial charge in [0.2, 0.25) is 0 Å². The lowest BCUT2D eigenvalue weighted by Gasteiger charge is -2.06. The maximum Gasteiger partial charge on any atom is 0.412 e. The molecule has 0 amide bonds. The van der Waals surface area contributed by atoms with E-state index in [0.717, 1.165) is 6.92 Å². The molecule has 6 heteroatoms. The fourth-order valence-electron chi connectivity index (χ4n) is 0.526. The highest BCUT2D eigenvalue weighted by atomic mass is 19.4. The Hall–Kier alpha value is -1.04. The average Bonchev–Trinajstić information content (AvgIpc) is 2.03. The van der Waals surface area contributed by atoms with Crippen LogP contribution in [0.15, 0.2) is 11.6 Å². The standard InChI is InChI=1S/C8H11F3O3/c1-6(8(9,10)11)5-7(12)14-4-3-13-2/h5H,3-4H2,1-2H3/b6-5+. The summed E-state index contributed by atoms with van der Waals surface area (Å²) in [7, 11) is 1.39. The van der Waals surface area contributed by atoms with Crippen LogP contribution in [0.3, 0.4) is 0 Å². The van der Waals surface area contributed by atoms with E-state index in [2.05, 4.69) is 9.47 Å². The van der Waals surface area contributed by atoms with E-state index in [1.807, 2.05) is 0 Å². The number of rotatable bonds is 4. The molecule has 82 valence electrons. The Morgan fingerprint density at radius 1 is 1.36 bits per heavy atom. The lowest BCUT2D eigenvalue weighted by molar-refractivity contribution is -0.140. The summed E-state index contributed by atoms with van der Waals surface area (Å²) in [6, 6.07) is 0. The van der Waals surface area contributed by atoms with Crippen LogP contribution in [0.5, 0.6) is 0 Å². The number of allylic oxidation sites excluding steroid dienone is 1. The highest BCUT2D eigenvalue weighted by Crippen LogP contribution is 2.24. The van der Waals surface area contributed by atoms with Crippen molar-refractivity contribution < 1.29 is 27.4 Å². The van der Waals surface area contributed by atoms with E-state index >= 15 is 0 Å². The van der Waals surface area contributed by atoms with E-state index in [0.29, 0.717) is 6.08 Å². The van der Waals surface area contributed by atoms with E-state index in [1.54, 1.807) is 0 Å². The molecule has 0 spiro atoms. The molecule has 0 aliphatic carbocycles. The Morgan fingerprint density at radius 2 is 1.93 bits per heavy atom. The molecular formula is C8H11F3O3. The number of esters is 1. The molecule has 0 unspecified atom stereocenters. The Balaban J connectivity index is 4.03. The molecular weight excluding hydrogens is 201 g/mol. The molecule has 0 saturated carbocycles. The molecule has 0 bridgehead atoms. The van der Waals surface area contributed by atoms with Crippen molar-refractivity contribution in [1.29, 1.82) is 0 Å². The predicted octanol–water partition coefficient (Wildman–Crippen LogP) is 1.68. The number of carbonyl (C=O) groups is 1. The number of methoxy groups -OCH3 is 1. The van der Waals surface area contributed by atoms with Crippen molar-refractivity contribution in [1.82, 2.24) is 0 Å². The summed E-state index contributed by atoms with van der Waals surface area (Å²) in [5, 5.41) is 0. The molecule has 0 fully saturated rings. The first-order valence-corrected chi connectivity index (χ1v) is 3.79. The highest BCUT2D eigenvalue weighted by Gasteiger charge is 2.30. The number of halogens is 3. The number of ether oxygens (including phenoxy) is 2. The minimum Gasteiger partial charge on any atom is -0.460 e. The molecule has 0 aliphatic heterocycles. The van der Waals surface area contributed by atoms with Gasteiger partial charge in [-0.15, -0.1) is 0 Å². The van der Waals surface area contributed by atoms with Crippen LogP contribution in [0.25, 0.3) is 0 Å². The molecule has 0 rings (SSSR count). The van der Waals surface area contributed by atoms with Gasteiger partial charge in [-0.25, -0.2) is 4.79 Å². The lowest BCUT2D eigenvalue weighted by atomic mass is 10.3. The number of carbonyl (C=O) groups excluding carboxylic acids is 1. The van der Waals surface area contributed by atoms with Crippen LogP contribution in [0.4, 0.5) is 13.2 Å². The van der Waals surface area contributed by atoms with Gasteiger partial charge in [-0.2, -0.15) is 13.2 Å². The fourth-order valence-corrected chi connectivity index (χ4v) is 0.526. The largest absolute Gasteiger partial charge is 0.460 e. The van der Waals surface area contributed by atoms with E-state index in [9.17, 15) is 18.0 Å². The highest BCUT2D eigenvalue weighted by molar-refractivity contribution is 5.82. The maximum absolute atomic E-state index is 11.9. The predicted molar refractivity (Wildman–Crippen MR) is 42.6 cm³/mol. The lowest BCUT2D eigenvalue weighted by Crippen LogP contribution is -2.13. The molecule has 0 radical (unpaired) electrons. The van der Waals surface area contributed by atoms with Crippen molar-refractivity contribution in [2.45, 2.75) is 13.1 Å². The van der Waals surface area contributed by atoms with Gasteiger partial charge in [-0.05, 0) is 6.92 Å². The van der Waals surface area contributed by atoms with Gasteiger partial charge in [-0.3, -0.25) is 0 Å². The summed E-state index contributed by atoms with van der Waals surface area (Å²) in [6.45, 7) is 0.902. The zero-order valence-electron chi connectivity index (χ0n) is 7.85. The third-order valence-electron chi connectivity index (χ3n) is 1.31. The summed E-state index contributed by atoms with van der Waals surface area (Å²) in [6.07, 6.45) is -4.07. The van der Waals surface area contributed by atoms with E-state index < -0.39 is 17.7 Å². The van der Waals surface area contributed by atoms with Crippen molar-refractivity contribution in [3.8, 4) is 0 Å². The molecule has 0 aromatic rings. The third kappa shape index (κ3) is 5.58. The summed E-state index contributed by atoms with van der Waals surface area (Å²) >= 11 is 0. The van der Waals surface area contributed by atoms with Crippen LogP contribution >= 0.6 is 0 Å². The average molecular weight is 212 g/mol. The van der Waals surface area contributed by atoms with Crippen molar-refractivity contribution in [3.05, 3.63) is 11.6 Å². The number of hydrogen-bond acceptors (Lipinski definition) is 3. The molecule has 3 nitrogen and oxygen atoms in total. The molecule has 0 aromatic heterocycles. The second-order valence-corrected chi connectivity index (χ2v) is 2.49. The SMILES string of the molecule is COCCOC(=O)/C=C(\C)C(F)(F)F. The van der Waals surface area contributed by atoms with Gasteiger partial charge in [0.1, 0.15) is 6.61 Å². The fraction of sp³-hybridized carbons (Fsp3) is 0.625. The molecule has 14 heavy (non-hydrogen) atoms. The van der Waals surface area contributed by atoms with E-state index in [4.69, 9.17) is 0 Å². The molecule has 0 atom stereocenters. The zero-order valence-corrected chi connectivity index (χ0v) is 7.85. The van der Waals surface area contributed by atoms with Gasteiger partial charge in [0.25, 0.3) is 0 Å². The monoisotopic (exact) mass is 212 g/mol. The van der Waals surface area contributed by atoms with Crippen molar-refractivity contribution in [2.75, 3.05) is 20.3 Å². The zero-order chi connectivity index (χ0) is 11.2. The van der Waals surface area contributed by atoms with Crippen LogP contribution < -0.4 is 0 Å². The first kappa shape index (κ1) is 13.0. The quantitative estimate of drug-likeness (QED) is 0.404. The minimum atomic E-state index is -4.49. The first-order valence-electron chi connectivity index (χ1n) is 3.79. The smallest absolute Gasteiger partial charge is 0.412 e. The molecule has 0 N–H and O–H groups in total. The van der Waals surface area contributed by atoms with Crippen molar-refractivity contribution in [2.24, 2.45) is 0 Å². The molecule has 0 aliphatic rings. The van der Waals surface area contributed by atoms with Gasteiger partial charge < -0.3 is 9.47 Å². The minimum absolute atomic E-state index is 0.0586. The molecule has 0 aromatic carbocycles. The van der Waals surface area contributed by atoms with Gasteiger partial charge in [-0.1, -0.05) is 0 Å². The Kier molecular flexibility index (Phi) is 5.22. The summed E-state index contributed by atoms with van der Waals surface area (Å²) in [5.41, 5.74) is -0.986. The van der Waals surface area contributed by atoms with Crippen LogP contribution in [-0.4, -0.2) is 32.5 Å². The van der Waals surface area contributed by atoms with Gasteiger partial charge >= 0.3 is 12.1 Å². The van der Waals surface area contributed by atoms with Gasteiger partial charge in [0.05, 0.1) is 6.61 Å². The number of alkyl halides is 3. The van der Waals surface area contributed by atoms with Gasteiger partial charge in [0.15, 0.2) is 0 Å². The van der Waals surface area contributed by atoms with Crippen LogP contribution in [0.1, 0.15) is 6.92 Å². The van der Waals surface area contributed by atoms with Crippen molar-refractivity contribution in [3.63, 3.8) is 0 Å². The second kappa shape index (κ2) is 5.64. The van der Waals surface area contributed by atoms with Gasteiger partial charge in [0, 0.05) is 18.8 Å². The normalized spacial score (nSPS) is 12.8. The summed E-state index contributed by atoms with van der Waals surface area (Å²) < 4.78 is 44.6. The number of hydrogen-bond donors (Lipinski definition) is 0.